The predicted octanol–water partition coefficient (Wildman–Crippen LogP) is 2.28. The molecule has 2 N–H and O–H groups in total. The highest BCUT2D eigenvalue weighted by Gasteiger charge is 2.19. The maximum Gasteiger partial charge on any atom is 0.241 e. The molecule has 0 fully saturated rings. The first-order valence-electron chi connectivity index (χ1n) is 6.25. The van der Waals surface area contributed by atoms with Gasteiger partial charge in [0.2, 0.25) is 10.0 Å². The molecular formula is C12H22N2O2S3. The van der Waals surface area contributed by atoms with Crippen LogP contribution in [-0.4, -0.2) is 33.0 Å². The van der Waals surface area contributed by atoms with E-state index in [0.717, 1.165) is 17.1 Å². The molecule has 1 heterocycles. The molecule has 7 heteroatoms. The van der Waals surface area contributed by atoms with Crippen LogP contribution >= 0.6 is 23.1 Å². The maximum absolute atomic E-state index is 12.2. The third kappa shape index (κ3) is 5.83. The van der Waals surface area contributed by atoms with Crippen molar-refractivity contribution in [1.29, 1.82) is 0 Å². The van der Waals surface area contributed by atoms with Crippen LogP contribution in [0, 0.1) is 0 Å². The SMILES string of the molecule is CSCCCNS(=O)(=O)c1ccsc1CNC(C)C. The van der Waals surface area contributed by atoms with Crippen molar-refractivity contribution in [3.05, 3.63) is 16.3 Å². The number of hydrogen-bond donors (Lipinski definition) is 2. The van der Waals surface area contributed by atoms with E-state index < -0.39 is 10.0 Å². The minimum absolute atomic E-state index is 0.340. The molecule has 0 saturated carbocycles. The number of rotatable bonds is 9. The molecule has 4 nitrogen and oxygen atoms in total. The molecule has 0 amide bonds. The zero-order valence-corrected chi connectivity index (χ0v) is 14.1. The summed E-state index contributed by atoms with van der Waals surface area (Å²) in [6.07, 6.45) is 2.87. The van der Waals surface area contributed by atoms with Gasteiger partial charge in [-0.3, -0.25) is 0 Å². The van der Waals surface area contributed by atoms with Gasteiger partial charge in [0.05, 0.1) is 4.90 Å². The van der Waals surface area contributed by atoms with E-state index in [0.29, 0.717) is 24.0 Å². The van der Waals surface area contributed by atoms with Crippen LogP contribution in [-0.2, 0) is 16.6 Å². The van der Waals surface area contributed by atoms with Crippen molar-refractivity contribution < 1.29 is 8.42 Å². The lowest BCUT2D eigenvalue weighted by Gasteiger charge is -2.10. The fourth-order valence-electron chi connectivity index (χ4n) is 1.49. The van der Waals surface area contributed by atoms with Crippen molar-refractivity contribution in [2.24, 2.45) is 0 Å². The summed E-state index contributed by atoms with van der Waals surface area (Å²) in [5, 5.41) is 5.08. The second kappa shape index (κ2) is 8.26. The Morgan fingerprint density at radius 3 is 2.79 bits per heavy atom. The number of sulfonamides is 1. The van der Waals surface area contributed by atoms with Crippen LogP contribution < -0.4 is 10.0 Å². The summed E-state index contributed by atoms with van der Waals surface area (Å²) in [5.41, 5.74) is 0. The molecule has 0 spiro atoms. The highest BCUT2D eigenvalue weighted by Crippen LogP contribution is 2.21. The van der Waals surface area contributed by atoms with Gasteiger partial charge in [0, 0.05) is 24.0 Å². The quantitative estimate of drug-likeness (QED) is 0.685. The van der Waals surface area contributed by atoms with Crippen LogP contribution in [0.2, 0.25) is 0 Å². The Labute approximate surface area is 124 Å². The molecule has 1 aromatic rings. The van der Waals surface area contributed by atoms with Crippen LogP contribution in [0.3, 0.4) is 0 Å². The van der Waals surface area contributed by atoms with E-state index in [1.165, 1.54) is 11.3 Å². The van der Waals surface area contributed by atoms with E-state index in [2.05, 4.69) is 10.0 Å². The summed E-state index contributed by atoms with van der Waals surface area (Å²) in [6, 6.07) is 2.02. The average Bonchev–Trinajstić information content (AvgIpc) is 2.81. The molecule has 0 aromatic carbocycles. The maximum atomic E-state index is 12.2. The first-order chi connectivity index (χ1) is 8.97. The van der Waals surface area contributed by atoms with E-state index in [4.69, 9.17) is 0 Å². The molecule has 0 unspecified atom stereocenters. The summed E-state index contributed by atoms with van der Waals surface area (Å²) < 4.78 is 27.0. The van der Waals surface area contributed by atoms with Crippen molar-refractivity contribution in [1.82, 2.24) is 10.0 Å². The zero-order chi connectivity index (χ0) is 14.3. The highest BCUT2D eigenvalue weighted by atomic mass is 32.2. The molecule has 0 bridgehead atoms. The molecule has 0 saturated heterocycles. The Morgan fingerprint density at radius 1 is 1.42 bits per heavy atom. The monoisotopic (exact) mass is 322 g/mol. The number of thioether (sulfide) groups is 1. The van der Waals surface area contributed by atoms with Gasteiger partial charge in [-0.15, -0.1) is 11.3 Å². The summed E-state index contributed by atoms with van der Waals surface area (Å²) in [7, 11) is -3.36. The lowest BCUT2D eigenvalue weighted by molar-refractivity contribution is 0.571. The Kier molecular flexibility index (Phi) is 7.38. The van der Waals surface area contributed by atoms with Crippen LogP contribution in [0.4, 0.5) is 0 Å². The predicted molar refractivity (Wildman–Crippen MR) is 84.5 cm³/mol. The first kappa shape index (κ1) is 17.0. The molecule has 110 valence electrons. The van der Waals surface area contributed by atoms with Gasteiger partial charge in [-0.1, -0.05) is 13.8 Å². The van der Waals surface area contributed by atoms with Crippen molar-refractivity contribution in [3.8, 4) is 0 Å². The van der Waals surface area contributed by atoms with Gasteiger partial charge in [-0.2, -0.15) is 11.8 Å². The second-order valence-electron chi connectivity index (χ2n) is 4.49. The minimum Gasteiger partial charge on any atom is -0.310 e. The molecule has 0 aliphatic rings. The largest absolute Gasteiger partial charge is 0.310 e. The Morgan fingerprint density at radius 2 is 2.16 bits per heavy atom. The molecule has 0 atom stereocenters. The summed E-state index contributed by atoms with van der Waals surface area (Å²) in [5.74, 6) is 0.966. The van der Waals surface area contributed by atoms with Gasteiger partial charge in [0.25, 0.3) is 0 Å². The highest BCUT2D eigenvalue weighted by molar-refractivity contribution is 7.98. The average molecular weight is 323 g/mol. The van der Waals surface area contributed by atoms with E-state index in [9.17, 15) is 8.42 Å². The molecule has 19 heavy (non-hydrogen) atoms. The Balaban J connectivity index is 2.64. The van der Waals surface area contributed by atoms with E-state index >= 15 is 0 Å². The van der Waals surface area contributed by atoms with Crippen molar-refractivity contribution in [2.75, 3.05) is 18.6 Å². The number of hydrogen-bond acceptors (Lipinski definition) is 5. The van der Waals surface area contributed by atoms with Crippen molar-refractivity contribution >= 4 is 33.1 Å². The van der Waals surface area contributed by atoms with Gasteiger partial charge in [-0.05, 0) is 29.9 Å². The number of thiophene rings is 1. The van der Waals surface area contributed by atoms with Gasteiger partial charge >= 0.3 is 0 Å². The normalized spacial score (nSPS) is 12.2. The van der Waals surface area contributed by atoms with Crippen LogP contribution in [0.15, 0.2) is 16.3 Å². The van der Waals surface area contributed by atoms with E-state index in [1.807, 2.05) is 25.5 Å². The van der Waals surface area contributed by atoms with Crippen LogP contribution in [0.5, 0.6) is 0 Å². The van der Waals surface area contributed by atoms with Crippen LogP contribution in [0.1, 0.15) is 25.1 Å². The lowest BCUT2D eigenvalue weighted by Crippen LogP contribution is -2.27. The molecular weight excluding hydrogens is 300 g/mol. The Hall–Kier alpha value is -0.0800. The summed E-state index contributed by atoms with van der Waals surface area (Å²) in [4.78, 5) is 1.28. The fraction of sp³-hybridized carbons (Fsp3) is 0.667. The zero-order valence-electron chi connectivity index (χ0n) is 11.6. The third-order valence-corrected chi connectivity index (χ3v) is 5.77. The molecule has 1 aromatic heterocycles. The molecule has 0 aliphatic heterocycles. The van der Waals surface area contributed by atoms with E-state index in [1.54, 1.807) is 17.8 Å². The Bertz CT molecular complexity index is 469. The molecule has 0 radical (unpaired) electrons. The fourth-order valence-corrected chi connectivity index (χ4v) is 4.39. The van der Waals surface area contributed by atoms with Gasteiger partial charge < -0.3 is 5.32 Å². The van der Waals surface area contributed by atoms with Gasteiger partial charge in [-0.25, -0.2) is 13.1 Å². The molecule has 0 aliphatic carbocycles. The van der Waals surface area contributed by atoms with Crippen molar-refractivity contribution in [2.45, 2.75) is 37.8 Å². The van der Waals surface area contributed by atoms with E-state index in [-0.39, 0.29) is 0 Å². The standard InChI is InChI=1S/C12H22N2O2S3/c1-10(2)13-9-11-12(5-8-18-11)19(15,16)14-6-4-7-17-3/h5,8,10,13-14H,4,6-7,9H2,1-3H3. The topological polar surface area (TPSA) is 58.2 Å². The molecule has 1 rings (SSSR count). The third-order valence-electron chi connectivity index (χ3n) is 2.48. The van der Waals surface area contributed by atoms with Crippen LogP contribution in [0.25, 0.3) is 0 Å². The first-order valence-corrected chi connectivity index (χ1v) is 10.0. The van der Waals surface area contributed by atoms with Crippen molar-refractivity contribution in [3.63, 3.8) is 0 Å². The second-order valence-corrected chi connectivity index (χ2v) is 8.21. The lowest BCUT2D eigenvalue weighted by atomic mass is 10.4. The number of nitrogens with one attached hydrogen (secondary N) is 2. The minimum atomic E-state index is -3.36. The van der Waals surface area contributed by atoms with Gasteiger partial charge in [0.1, 0.15) is 0 Å². The smallest absolute Gasteiger partial charge is 0.241 e. The summed E-state index contributed by atoms with van der Waals surface area (Å²) >= 11 is 3.20. The summed E-state index contributed by atoms with van der Waals surface area (Å²) in [6.45, 7) is 5.18. The van der Waals surface area contributed by atoms with Gasteiger partial charge in [0.15, 0.2) is 0 Å².